The topological polar surface area (TPSA) is 12.5 Å². The number of halogens is 3. The molecule has 0 aliphatic heterocycles. The number of nitrogens with zero attached hydrogens (tertiary/aromatic N) is 1. The molecule has 2 nitrogen and oxygen atoms in total. The van der Waals surface area contributed by atoms with Crippen LogP contribution in [0.25, 0.3) is 0 Å². The average Bonchev–Trinajstić information content (AvgIpc) is 2.46. The maximum absolute atomic E-state index is 6.98. The Labute approximate surface area is 196 Å². The van der Waals surface area contributed by atoms with Gasteiger partial charge in [0.05, 0.1) is 0 Å². The molecule has 1 unspecified atom stereocenters. The van der Waals surface area contributed by atoms with Crippen molar-refractivity contribution in [2.45, 2.75) is 91.4 Å². The van der Waals surface area contributed by atoms with Gasteiger partial charge in [0.25, 0.3) is 0 Å². The molecule has 0 aliphatic rings. The molecular formula is C18H38Cl3NOSi5. The minimum absolute atomic E-state index is 0.504. The van der Waals surface area contributed by atoms with Crippen LogP contribution in [0, 0.1) is 0 Å². The average molecular weight is 531 g/mol. The zero-order valence-corrected chi connectivity index (χ0v) is 26.3. The van der Waals surface area contributed by atoms with Gasteiger partial charge in [-0.1, -0.05) is 35.9 Å². The van der Waals surface area contributed by atoms with Crippen molar-refractivity contribution in [1.29, 1.82) is 0 Å². The molecule has 0 rings (SSSR count). The SMILES string of the molecule is CCC(N([Si]C=C(C)C)[Si]C=C(C)C)[Si](C)(C)O[Si](C)(C)CCC[Si](Cl)(Cl)Cl. The molecule has 4 radical (unpaired) electrons. The standard InChI is InChI=1S/C18H38Cl3NOSi5/c1-10-18(22(24-14-16(2)3)25-15-17(4)5)27(8,9)23-26(6,7)12-11-13-28(19,20)21/h14-15,18H,10-13H2,1-9H3. The van der Waals surface area contributed by atoms with Crippen molar-refractivity contribution in [3.63, 3.8) is 0 Å². The lowest BCUT2D eigenvalue weighted by Crippen LogP contribution is -2.60. The zero-order chi connectivity index (χ0) is 22.2. The molecule has 0 aromatic heterocycles. The Morgan fingerprint density at radius 1 is 0.929 bits per heavy atom. The van der Waals surface area contributed by atoms with Gasteiger partial charge in [-0.05, 0) is 72.4 Å². The summed E-state index contributed by atoms with van der Waals surface area (Å²) < 4.78 is 9.64. The fourth-order valence-corrected chi connectivity index (χ4v) is 19.1. The number of allylic oxidation sites excluding steroid dienone is 2. The van der Waals surface area contributed by atoms with E-state index in [0.717, 1.165) is 24.9 Å². The molecule has 28 heavy (non-hydrogen) atoms. The normalized spacial score (nSPS) is 14.2. The molecule has 0 saturated carbocycles. The summed E-state index contributed by atoms with van der Waals surface area (Å²) in [5.41, 5.74) is 8.00. The van der Waals surface area contributed by atoms with E-state index < -0.39 is 22.6 Å². The van der Waals surface area contributed by atoms with Crippen molar-refractivity contribution in [1.82, 2.24) is 4.23 Å². The smallest absolute Gasteiger partial charge is 0.341 e. The highest BCUT2D eigenvalue weighted by Crippen LogP contribution is 2.31. The number of rotatable bonds is 13. The van der Waals surface area contributed by atoms with Crippen LogP contribution in [0.5, 0.6) is 0 Å². The van der Waals surface area contributed by atoms with Crippen molar-refractivity contribution < 1.29 is 4.12 Å². The summed E-state index contributed by atoms with van der Waals surface area (Å²) in [5.74, 6) is 0. The summed E-state index contributed by atoms with van der Waals surface area (Å²) in [4.78, 5) is 0. The molecule has 1 atom stereocenters. The first kappa shape index (κ1) is 29.4. The summed E-state index contributed by atoms with van der Waals surface area (Å²) in [6.45, 7) is 20.5. The molecule has 0 amide bonds. The van der Waals surface area contributed by atoms with Crippen molar-refractivity contribution in [3.05, 3.63) is 22.5 Å². The van der Waals surface area contributed by atoms with E-state index in [1.807, 2.05) is 0 Å². The molecular weight excluding hydrogens is 493 g/mol. The van der Waals surface area contributed by atoms with Gasteiger partial charge in [0.1, 0.15) is 0 Å². The van der Waals surface area contributed by atoms with Crippen LogP contribution in [0.1, 0.15) is 47.5 Å². The van der Waals surface area contributed by atoms with Crippen LogP contribution in [-0.4, -0.2) is 51.9 Å². The zero-order valence-electron chi connectivity index (χ0n) is 19.0. The van der Waals surface area contributed by atoms with E-state index in [4.69, 9.17) is 37.4 Å². The Morgan fingerprint density at radius 3 is 1.75 bits per heavy atom. The number of hydrogen-bond donors (Lipinski definition) is 0. The van der Waals surface area contributed by atoms with Crippen molar-refractivity contribution in [3.8, 4) is 0 Å². The molecule has 0 heterocycles. The van der Waals surface area contributed by atoms with Crippen LogP contribution in [0.4, 0.5) is 0 Å². The van der Waals surface area contributed by atoms with Crippen molar-refractivity contribution in [2.75, 3.05) is 0 Å². The van der Waals surface area contributed by atoms with Crippen LogP contribution in [0.15, 0.2) is 22.5 Å². The minimum Gasteiger partial charge on any atom is -0.454 e. The van der Waals surface area contributed by atoms with Crippen LogP contribution < -0.4 is 0 Å². The van der Waals surface area contributed by atoms with Crippen LogP contribution in [0.2, 0.25) is 38.3 Å². The first-order chi connectivity index (χ1) is 12.6. The molecule has 0 spiro atoms. The predicted molar refractivity (Wildman–Crippen MR) is 140 cm³/mol. The van der Waals surface area contributed by atoms with E-state index in [1.165, 1.54) is 11.1 Å². The Hall–Kier alpha value is 1.35. The molecule has 0 aliphatic carbocycles. The van der Waals surface area contributed by atoms with Gasteiger partial charge < -0.3 is 8.35 Å². The lowest BCUT2D eigenvalue weighted by molar-refractivity contribution is 0.458. The van der Waals surface area contributed by atoms with Gasteiger partial charge in [-0.3, -0.25) is 0 Å². The Morgan fingerprint density at radius 2 is 1.39 bits per heavy atom. The van der Waals surface area contributed by atoms with Gasteiger partial charge in [0.15, 0.2) is 36.0 Å². The third-order valence-corrected chi connectivity index (χ3v) is 18.9. The van der Waals surface area contributed by atoms with E-state index >= 15 is 0 Å². The highest BCUT2D eigenvalue weighted by atomic mass is 35.8. The molecule has 0 aromatic carbocycles. The second-order valence-corrected chi connectivity index (χ2v) is 29.4. The second-order valence-electron chi connectivity index (χ2n) is 8.93. The summed E-state index contributed by atoms with van der Waals surface area (Å²) in [6, 6.07) is -0.738. The van der Waals surface area contributed by atoms with Gasteiger partial charge in [0, 0.05) is 5.67 Å². The van der Waals surface area contributed by atoms with Gasteiger partial charge >= 0.3 is 6.00 Å². The molecule has 162 valence electrons. The Balaban J connectivity index is 5.32. The van der Waals surface area contributed by atoms with Gasteiger partial charge in [-0.25, -0.2) is 0 Å². The van der Waals surface area contributed by atoms with E-state index in [1.54, 1.807) is 0 Å². The van der Waals surface area contributed by atoms with Crippen LogP contribution >= 0.6 is 33.2 Å². The van der Waals surface area contributed by atoms with Crippen LogP contribution in [0.3, 0.4) is 0 Å². The fraction of sp³-hybridized carbons (Fsp3) is 0.778. The summed E-state index contributed by atoms with van der Waals surface area (Å²) in [6.07, 6.45) is 2.09. The van der Waals surface area contributed by atoms with Gasteiger partial charge in [-0.2, -0.15) is 0 Å². The van der Waals surface area contributed by atoms with E-state index in [-0.39, 0.29) is 0 Å². The first-order valence-corrected chi connectivity index (χ1v) is 23.3. The lowest BCUT2D eigenvalue weighted by atomic mass is 10.4. The third-order valence-electron chi connectivity index (χ3n) is 4.26. The van der Waals surface area contributed by atoms with Crippen molar-refractivity contribution in [2.24, 2.45) is 0 Å². The summed E-state index contributed by atoms with van der Waals surface area (Å²) in [7, 11) is -2.30. The monoisotopic (exact) mass is 529 g/mol. The lowest BCUT2D eigenvalue weighted by Gasteiger charge is -2.43. The van der Waals surface area contributed by atoms with E-state index in [9.17, 15) is 0 Å². The van der Waals surface area contributed by atoms with Gasteiger partial charge in [-0.15, -0.1) is 33.2 Å². The largest absolute Gasteiger partial charge is 0.454 e. The highest BCUT2D eigenvalue weighted by molar-refractivity contribution is 7.64. The minimum atomic E-state index is -2.53. The first-order valence-electron chi connectivity index (χ1n) is 9.95. The third kappa shape index (κ3) is 13.6. The van der Waals surface area contributed by atoms with Gasteiger partial charge in [0.2, 0.25) is 0 Å². The Kier molecular flexibility index (Phi) is 13.7. The summed E-state index contributed by atoms with van der Waals surface area (Å²) >= 11 is 18.2. The van der Waals surface area contributed by atoms with Crippen LogP contribution in [-0.2, 0) is 4.12 Å². The predicted octanol–water partition coefficient (Wildman–Crippen LogP) is 7.16. The van der Waals surface area contributed by atoms with Crippen molar-refractivity contribution >= 4 is 75.2 Å². The molecule has 0 aromatic rings. The molecule has 0 N–H and O–H groups in total. The summed E-state index contributed by atoms with van der Waals surface area (Å²) in [5, 5.41) is 0. The van der Waals surface area contributed by atoms with E-state index in [2.05, 4.69) is 76.4 Å². The molecule has 0 fully saturated rings. The van der Waals surface area contributed by atoms with E-state index in [0.29, 0.717) is 25.0 Å². The quantitative estimate of drug-likeness (QED) is 0.185. The second kappa shape index (κ2) is 13.0. The number of hydrogen-bond acceptors (Lipinski definition) is 2. The maximum Gasteiger partial charge on any atom is 0.341 e. The fourth-order valence-electron chi connectivity index (χ4n) is 3.15. The molecule has 0 bridgehead atoms. The Bertz CT molecular complexity index is 508. The molecule has 0 saturated heterocycles. The molecule has 10 heteroatoms. The highest BCUT2D eigenvalue weighted by Gasteiger charge is 2.41. The maximum atomic E-state index is 6.98.